The van der Waals surface area contributed by atoms with Gasteiger partial charge >= 0.3 is 11.9 Å². The topological polar surface area (TPSA) is 99.7 Å². The van der Waals surface area contributed by atoms with Crippen molar-refractivity contribution in [3.63, 3.8) is 0 Å². The van der Waals surface area contributed by atoms with Crippen LogP contribution >= 0.6 is 0 Å². The number of carboxylic acid groups (broad SMARTS) is 2. The Balaban J connectivity index is 1.81. The Labute approximate surface area is 153 Å². The first-order chi connectivity index (χ1) is 12.5. The molecule has 4 atom stereocenters. The van der Waals surface area contributed by atoms with Crippen molar-refractivity contribution in [1.82, 2.24) is 0 Å². The molecule has 0 aliphatic carbocycles. The van der Waals surface area contributed by atoms with Crippen LogP contribution in [0.3, 0.4) is 0 Å². The van der Waals surface area contributed by atoms with E-state index in [1.165, 1.54) is 6.07 Å². The lowest BCUT2D eigenvalue weighted by molar-refractivity contribution is 0.0694. The lowest BCUT2D eigenvalue weighted by atomic mass is 9.89. The zero-order valence-corrected chi connectivity index (χ0v) is 15.2. The standard InChI is InChI=1S/C20H26O6/c1-3-14-16(25-14)9-6-11-5-7-13(19(21)22)12(18(11)20(23)24)8-10-17-15(4-2)26-17/h5,7,14-17H,3-4,6,8-10H2,1-2H3,(H,21,22)(H,23,24). The maximum atomic E-state index is 11.9. The maximum Gasteiger partial charge on any atom is 0.336 e. The Kier molecular flexibility index (Phi) is 5.63. The van der Waals surface area contributed by atoms with Gasteiger partial charge in [0.25, 0.3) is 0 Å². The van der Waals surface area contributed by atoms with Gasteiger partial charge in [-0.25, -0.2) is 9.59 Å². The fourth-order valence-corrected chi connectivity index (χ4v) is 3.80. The van der Waals surface area contributed by atoms with E-state index >= 15 is 0 Å². The predicted molar refractivity (Wildman–Crippen MR) is 94.9 cm³/mol. The molecule has 3 rings (SSSR count). The van der Waals surface area contributed by atoms with E-state index in [0.717, 1.165) is 19.3 Å². The molecular weight excluding hydrogens is 336 g/mol. The first kappa shape index (κ1) is 18.9. The molecular formula is C20H26O6. The van der Waals surface area contributed by atoms with Crippen molar-refractivity contribution >= 4 is 11.9 Å². The number of carbonyl (C=O) groups is 2. The number of aromatic carboxylic acids is 2. The van der Waals surface area contributed by atoms with E-state index in [0.29, 0.717) is 30.4 Å². The minimum atomic E-state index is -1.09. The molecule has 0 bridgehead atoms. The lowest BCUT2D eigenvalue weighted by Gasteiger charge is -2.14. The molecule has 4 unspecified atom stereocenters. The van der Waals surface area contributed by atoms with Crippen LogP contribution in [0.5, 0.6) is 0 Å². The molecule has 2 fully saturated rings. The van der Waals surface area contributed by atoms with Crippen LogP contribution in [0.25, 0.3) is 0 Å². The van der Waals surface area contributed by atoms with Crippen LogP contribution in [0.2, 0.25) is 0 Å². The molecule has 142 valence electrons. The fraction of sp³-hybridized carbons (Fsp3) is 0.600. The van der Waals surface area contributed by atoms with Crippen LogP contribution in [0.4, 0.5) is 0 Å². The second-order valence-corrected chi connectivity index (χ2v) is 7.06. The summed E-state index contributed by atoms with van der Waals surface area (Å²) < 4.78 is 11.1. The summed E-state index contributed by atoms with van der Waals surface area (Å²) in [6.45, 7) is 4.11. The summed E-state index contributed by atoms with van der Waals surface area (Å²) in [5, 5.41) is 19.2. The molecule has 6 nitrogen and oxygen atoms in total. The fourth-order valence-electron chi connectivity index (χ4n) is 3.80. The van der Waals surface area contributed by atoms with Gasteiger partial charge < -0.3 is 19.7 Å². The molecule has 0 spiro atoms. The highest BCUT2D eigenvalue weighted by atomic mass is 16.6. The van der Waals surface area contributed by atoms with Crippen LogP contribution < -0.4 is 0 Å². The van der Waals surface area contributed by atoms with Gasteiger partial charge in [-0.15, -0.1) is 0 Å². The van der Waals surface area contributed by atoms with Crippen LogP contribution in [0.15, 0.2) is 12.1 Å². The SMILES string of the molecule is CCC1OC1CCc1ccc(C(=O)O)c(CCC2OC2CC)c1C(=O)O. The first-order valence-corrected chi connectivity index (χ1v) is 9.38. The van der Waals surface area contributed by atoms with E-state index in [2.05, 4.69) is 6.92 Å². The second kappa shape index (κ2) is 7.76. The molecule has 2 saturated heterocycles. The highest BCUT2D eigenvalue weighted by Crippen LogP contribution is 2.33. The molecule has 26 heavy (non-hydrogen) atoms. The molecule has 0 radical (unpaired) electrons. The van der Waals surface area contributed by atoms with Gasteiger partial charge in [0, 0.05) is 0 Å². The van der Waals surface area contributed by atoms with E-state index in [-0.39, 0.29) is 35.5 Å². The van der Waals surface area contributed by atoms with Crippen LogP contribution in [-0.2, 0) is 22.3 Å². The Morgan fingerprint density at radius 2 is 1.46 bits per heavy atom. The summed E-state index contributed by atoms with van der Waals surface area (Å²) in [7, 11) is 0. The molecule has 2 N–H and O–H groups in total. The van der Waals surface area contributed by atoms with E-state index < -0.39 is 11.9 Å². The van der Waals surface area contributed by atoms with Gasteiger partial charge in [0.2, 0.25) is 0 Å². The minimum absolute atomic E-state index is 0.0777. The molecule has 2 aliphatic heterocycles. The van der Waals surface area contributed by atoms with Crippen molar-refractivity contribution in [1.29, 1.82) is 0 Å². The van der Waals surface area contributed by atoms with E-state index in [4.69, 9.17) is 9.47 Å². The van der Waals surface area contributed by atoms with Gasteiger partial charge in [0.1, 0.15) is 0 Å². The summed E-state index contributed by atoms with van der Waals surface area (Å²) in [6, 6.07) is 3.18. The predicted octanol–water partition coefficient (Wildman–Crippen LogP) is 3.30. The third-order valence-corrected chi connectivity index (χ3v) is 5.40. The van der Waals surface area contributed by atoms with Gasteiger partial charge in [-0.1, -0.05) is 19.9 Å². The van der Waals surface area contributed by atoms with Crippen molar-refractivity contribution in [3.05, 3.63) is 34.4 Å². The number of hydrogen-bond donors (Lipinski definition) is 2. The minimum Gasteiger partial charge on any atom is -0.478 e. The molecule has 2 heterocycles. The van der Waals surface area contributed by atoms with E-state index in [9.17, 15) is 19.8 Å². The van der Waals surface area contributed by atoms with Crippen molar-refractivity contribution in [3.8, 4) is 0 Å². The summed E-state index contributed by atoms with van der Waals surface area (Å²) >= 11 is 0. The Morgan fingerprint density at radius 3 is 1.92 bits per heavy atom. The third-order valence-electron chi connectivity index (χ3n) is 5.40. The van der Waals surface area contributed by atoms with Crippen LogP contribution in [0, 0.1) is 0 Å². The third kappa shape index (κ3) is 4.07. The zero-order chi connectivity index (χ0) is 18.8. The zero-order valence-electron chi connectivity index (χ0n) is 15.2. The number of rotatable bonds is 10. The molecule has 6 heteroatoms. The molecule has 0 aromatic heterocycles. The van der Waals surface area contributed by atoms with Crippen molar-refractivity contribution in [2.75, 3.05) is 0 Å². The Bertz CT molecular complexity index is 698. The monoisotopic (exact) mass is 362 g/mol. The number of benzene rings is 1. The number of epoxide rings is 2. The highest BCUT2D eigenvalue weighted by molar-refractivity contribution is 5.97. The highest BCUT2D eigenvalue weighted by Gasteiger charge is 2.38. The van der Waals surface area contributed by atoms with Gasteiger partial charge in [-0.05, 0) is 55.7 Å². The van der Waals surface area contributed by atoms with Crippen molar-refractivity contribution in [2.45, 2.75) is 76.8 Å². The Morgan fingerprint density at radius 1 is 0.885 bits per heavy atom. The molecule has 0 amide bonds. The van der Waals surface area contributed by atoms with Crippen LogP contribution in [0.1, 0.15) is 71.4 Å². The van der Waals surface area contributed by atoms with Gasteiger partial charge in [0.15, 0.2) is 0 Å². The average molecular weight is 362 g/mol. The molecule has 1 aromatic carbocycles. The van der Waals surface area contributed by atoms with Crippen molar-refractivity contribution < 1.29 is 29.3 Å². The maximum absolute atomic E-state index is 11.9. The van der Waals surface area contributed by atoms with E-state index in [1.54, 1.807) is 6.07 Å². The van der Waals surface area contributed by atoms with Gasteiger partial charge in [-0.2, -0.15) is 0 Å². The van der Waals surface area contributed by atoms with E-state index in [1.807, 2.05) is 6.92 Å². The average Bonchev–Trinajstić information content (AvgIpc) is 3.52. The molecule has 0 saturated carbocycles. The number of ether oxygens (including phenoxy) is 2. The molecule has 2 aliphatic rings. The summed E-state index contributed by atoms with van der Waals surface area (Å²) in [5.74, 6) is -2.15. The Hall–Kier alpha value is -1.92. The van der Waals surface area contributed by atoms with Crippen LogP contribution in [-0.4, -0.2) is 46.6 Å². The van der Waals surface area contributed by atoms with Gasteiger partial charge in [-0.3, -0.25) is 0 Å². The second-order valence-electron chi connectivity index (χ2n) is 7.06. The first-order valence-electron chi connectivity index (χ1n) is 9.38. The largest absolute Gasteiger partial charge is 0.478 e. The normalized spacial score (nSPS) is 26.5. The van der Waals surface area contributed by atoms with Gasteiger partial charge in [0.05, 0.1) is 35.5 Å². The smallest absolute Gasteiger partial charge is 0.336 e. The molecule has 1 aromatic rings. The number of hydrogen-bond acceptors (Lipinski definition) is 4. The summed E-state index contributed by atoms with van der Waals surface area (Å²) in [5.41, 5.74) is 1.32. The number of carboxylic acids is 2. The van der Waals surface area contributed by atoms with Crippen molar-refractivity contribution in [2.24, 2.45) is 0 Å². The lowest BCUT2D eigenvalue weighted by Crippen LogP contribution is -2.14. The summed E-state index contributed by atoms with van der Waals surface area (Å²) in [4.78, 5) is 23.5. The summed E-state index contributed by atoms with van der Waals surface area (Å²) in [6.07, 6.45) is 5.05. The quantitative estimate of drug-likeness (QED) is 0.620. The number of aryl methyl sites for hydroxylation is 1.